The van der Waals surface area contributed by atoms with E-state index in [-0.39, 0.29) is 12.4 Å². The van der Waals surface area contributed by atoms with Gasteiger partial charge in [-0.25, -0.2) is 5.43 Å². The number of rotatable bonds is 5. The molecule has 0 heterocycles. The molecule has 2 rings (SSSR count). The predicted molar refractivity (Wildman–Crippen MR) is 98.9 cm³/mol. The molecule has 0 spiro atoms. The number of halogens is 3. The number of nitrogens with zero attached hydrogens (tertiary/aromatic N) is 1. The number of ether oxygens (including phenoxy) is 1. The van der Waals surface area contributed by atoms with E-state index in [4.69, 9.17) is 4.74 Å². The molecule has 0 radical (unpaired) electrons. The zero-order chi connectivity index (χ0) is 16.8. The first kappa shape index (κ1) is 18.0. The number of para-hydroxylation sites is 1. The molecule has 2 aromatic rings. The van der Waals surface area contributed by atoms with E-state index in [0.717, 1.165) is 0 Å². The molecule has 0 aliphatic heterocycles. The molecule has 0 saturated carbocycles. The molecule has 0 saturated heterocycles. The highest BCUT2D eigenvalue weighted by Gasteiger charge is 2.12. The summed E-state index contributed by atoms with van der Waals surface area (Å²) in [4.78, 5) is 11.7. The summed E-state index contributed by atoms with van der Waals surface area (Å²) in [5, 5.41) is 13.7. The lowest BCUT2D eigenvalue weighted by Gasteiger charge is -2.07. The number of amides is 1. The Hall–Kier alpha value is -1.38. The molecule has 120 valence electrons. The van der Waals surface area contributed by atoms with Gasteiger partial charge in [-0.15, -0.1) is 0 Å². The molecular weight excluding hydrogens is 496 g/mol. The highest BCUT2D eigenvalue weighted by molar-refractivity contribution is 9.11. The normalized spacial score (nSPS) is 10.7. The van der Waals surface area contributed by atoms with Crippen molar-refractivity contribution < 1.29 is 14.6 Å². The maximum Gasteiger partial charge on any atom is 0.277 e. The van der Waals surface area contributed by atoms with Crippen molar-refractivity contribution in [3.05, 3.63) is 55.4 Å². The first-order valence-electron chi connectivity index (χ1n) is 6.35. The number of phenolic OH excluding ortho intramolecular Hbond substituents is 1. The van der Waals surface area contributed by atoms with Gasteiger partial charge in [0.2, 0.25) is 0 Å². The largest absolute Gasteiger partial charge is 0.506 e. The first-order valence-corrected chi connectivity index (χ1v) is 8.73. The Morgan fingerprint density at radius 1 is 1.22 bits per heavy atom. The fraction of sp³-hybridized carbons (Fsp3) is 0.0667. The highest BCUT2D eigenvalue weighted by Crippen LogP contribution is 2.38. The second-order valence-corrected chi connectivity index (χ2v) is 6.81. The van der Waals surface area contributed by atoms with Crippen molar-refractivity contribution in [1.29, 1.82) is 0 Å². The van der Waals surface area contributed by atoms with Crippen LogP contribution in [0.1, 0.15) is 5.56 Å². The number of aromatic hydroxyl groups is 1. The highest BCUT2D eigenvalue weighted by atomic mass is 79.9. The van der Waals surface area contributed by atoms with E-state index in [1.54, 1.807) is 18.2 Å². The summed E-state index contributed by atoms with van der Waals surface area (Å²) in [5.74, 6) is 0.266. The maximum absolute atomic E-state index is 11.7. The van der Waals surface area contributed by atoms with Crippen LogP contribution in [0.15, 0.2) is 54.9 Å². The summed E-state index contributed by atoms with van der Waals surface area (Å²) >= 11 is 9.86. The van der Waals surface area contributed by atoms with E-state index in [1.165, 1.54) is 6.21 Å². The smallest absolute Gasteiger partial charge is 0.277 e. The van der Waals surface area contributed by atoms with Crippen LogP contribution in [0, 0.1) is 0 Å². The third kappa shape index (κ3) is 5.05. The molecule has 0 aromatic heterocycles. The quantitative estimate of drug-likeness (QED) is 0.471. The molecule has 5 nitrogen and oxygen atoms in total. The minimum atomic E-state index is -0.390. The van der Waals surface area contributed by atoms with Gasteiger partial charge < -0.3 is 9.84 Å². The standard InChI is InChI=1S/C15H11Br3N2O3/c16-11-6-12(17)15(22)14(18)10(11)7-19-20-13(21)8-23-9-4-2-1-3-5-9/h1-7,22H,8H2,(H,20,21)/b19-7-. The molecule has 23 heavy (non-hydrogen) atoms. The fourth-order valence-electron chi connectivity index (χ4n) is 1.58. The number of hydrogen-bond acceptors (Lipinski definition) is 4. The lowest BCUT2D eigenvalue weighted by molar-refractivity contribution is -0.123. The summed E-state index contributed by atoms with van der Waals surface area (Å²) in [7, 11) is 0. The molecule has 2 aromatic carbocycles. The van der Waals surface area contributed by atoms with Crippen LogP contribution in [-0.2, 0) is 4.79 Å². The zero-order valence-corrected chi connectivity index (χ0v) is 16.4. The second kappa shape index (κ2) is 8.47. The van der Waals surface area contributed by atoms with Crippen molar-refractivity contribution >= 4 is 59.9 Å². The predicted octanol–water partition coefficient (Wildman–Crippen LogP) is 4.21. The van der Waals surface area contributed by atoms with Gasteiger partial charge in [0.15, 0.2) is 6.61 Å². The van der Waals surface area contributed by atoms with Crippen LogP contribution in [0.4, 0.5) is 0 Å². The van der Waals surface area contributed by atoms with Crippen molar-refractivity contribution in [3.8, 4) is 11.5 Å². The summed E-state index contributed by atoms with van der Waals surface area (Å²) in [6.07, 6.45) is 1.42. The summed E-state index contributed by atoms with van der Waals surface area (Å²) in [6, 6.07) is 10.7. The first-order chi connectivity index (χ1) is 11.0. The summed E-state index contributed by atoms with van der Waals surface area (Å²) < 4.78 is 7.00. The van der Waals surface area contributed by atoms with E-state index in [2.05, 4.69) is 58.3 Å². The van der Waals surface area contributed by atoms with Crippen molar-refractivity contribution in [2.24, 2.45) is 5.10 Å². The van der Waals surface area contributed by atoms with Gasteiger partial charge >= 0.3 is 0 Å². The van der Waals surface area contributed by atoms with Crippen LogP contribution in [-0.4, -0.2) is 23.8 Å². The number of nitrogens with one attached hydrogen (secondary N) is 1. The van der Waals surface area contributed by atoms with Crippen LogP contribution in [0.2, 0.25) is 0 Å². The second-order valence-electron chi connectivity index (χ2n) is 4.31. The topological polar surface area (TPSA) is 70.9 Å². The number of benzene rings is 2. The maximum atomic E-state index is 11.7. The molecule has 0 fully saturated rings. The fourth-order valence-corrected chi connectivity index (χ4v) is 3.91. The van der Waals surface area contributed by atoms with Crippen molar-refractivity contribution in [2.45, 2.75) is 0 Å². The Kier molecular flexibility index (Phi) is 6.61. The number of phenols is 1. The number of hydrogen-bond donors (Lipinski definition) is 2. The lowest BCUT2D eigenvalue weighted by Crippen LogP contribution is -2.24. The van der Waals surface area contributed by atoms with E-state index >= 15 is 0 Å². The van der Waals surface area contributed by atoms with E-state index in [1.807, 2.05) is 18.2 Å². The molecule has 8 heteroatoms. The SMILES string of the molecule is O=C(COc1ccccc1)N/N=C\c1c(Br)cc(Br)c(O)c1Br. The Bertz CT molecular complexity index is 736. The van der Waals surface area contributed by atoms with Crippen LogP contribution in [0.5, 0.6) is 11.5 Å². The summed E-state index contributed by atoms with van der Waals surface area (Å²) in [5.41, 5.74) is 2.95. The van der Waals surface area contributed by atoms with Crippen LogP contribution in [0.3, 0.4) is 0 Å². The van der Waals surface area contributed by atoms with Gasteiger partial charge in [-0.3, -0.25) is 4.79 Å². The minimum absolute atomic E-state index is 0.0494. The van der Waals surface area contributed by atoms with E-state index in [0.29, 0.717) is 24.7 Å². The van der Waals surface area contributed by atoms with Gasteiger partial charge in [-0.05, 0) is 50.1 Å². The molecule has 0 aliphatic carbocycles. The molecule has 2 N–H and O–H groups in total. The average Bonchev–Trinajstić information content (AvgIpc) is 2.55. The van der Waals surface area contributed by atoms with E-state index in [9.17, 15) is 9.90 Å². The van der Waals surface area contributed by atoms with E-state index < -0.39 is 5.91 Å². The molecule has 0 unspecified atom stereocenters. The van der Waals surface area contributed by atoms with Crippen molar-refractivity contribution in [1.82, 2.24) is 5.43 Å². The van der Waals surface area contributed by atoms with Crippen molar-refractivity contribution in [3.63, 3.8) is 0 Å². The minimum Gasteiger partial charge on any atom is -0.506 e. The van der Waals surface area contributed by atoms with Gasteiger partial charge in [0, 0.05) is 10.0 Å². The summed E-state index contributed by atoms with van der Waals surface area (Å²) in [6.45, 7) is -0.144. The Balaban J connectivity index is 1.94. The Morgan fingerprint density at radius 2 is 1.91 bits per heavy atom. The van der Waals surface area contributed by atoms with Gasteiger partial charge in [0.25, 0.3) is 5.91 Å². The van der Waals surface area contributed by atoms with Gasteiger partial charge in [-0.2, -0.15) is 5.10 Å². The van der Waals surface area contributed by atoms with Crippen LogP contribution >= 0.6 is 47.8 Å². The van der Waals surface area contributed by atoms with Gasteiger partial charge in [0.1, 0.15) is 11.5 Å². The molecular formula is C15H11Br3N2O3. The van der Waals surface area contributed by atoms with Gasteiger partial charge in [0.05, 0.1) is 15.2 Å². The third-order valence-electron chi connectivity index (χ3n) is 2.68. The molecule has 0 atom stereocenters. The third-order valence-corrected chi connectivity index (χ3v) is 4.74. The van der Waals surface area contributed by atoms with Crippen molar-refractivity contribution in [2.75, 3.05) is 6.61 Å². The number of carbonyl (C=O) groups excluding carboxylic acids is 1. The lowest BCUT2D eigenvalue weighted by atomic mass is 10.2. The molecule has 0 bridgehead atoms. The average molecular weight is 507 g/mol. The number of hydrazone groups is 1. The van der Waals surface area contributed by atoms with Gasteiger partial charge in [-0.1, -0.05) is 34.1 Å². The molecule has 0 aliphatic rings. The Labute approximate surface area is 158 Å². The van der Waals surface area contributed by atoms with Crippen LogP contribution in [0.25, 0.3) is 0 Å². The monoisotopic (exact) mass is 504 g/mol. The molecule has 1 amide bonds. The zero-order valence-electron chi connectivity index (χ0n) is 11.6. The number of carbonyl (C=O) groups is 1. The van der Waals surface area contributed by atoms with Crippen LogP contribution < -0.4 is 10.2 Å². The Morgan fingerprint density at radius 3 is 2.61 bits per heavy atom.